The van der Waals surface area contributed by atoms with Crippen LogP contribution in [-0.2, 0) is 10.3 Å². The third-order valence-corrected chi connectivity index (χ3v) is 4.33. The molecule has 0 saturated carbocycles. The highest BCUT2D eigenvalue weighted by molar-refractivity contribution is 5.62. The molecule has 0 radical (unpaired) electrons. The van der Waals surface area contributed by atoms with Gasteiger partial charge in [-0.15, -0.1) is 5.10 Å². The molecule has 2 atom stereocenters. The van der Waals surface area contributed by atoms with Gasteiger partial charge in [0.25, 0.3) is 0 Å². The summed E-state index contributed by atoms with van der Waals surface area (Å²) in [6, 6.07) is 5.86. The van der Waals surface area contributed by atoms with Gasteiger partial charge in [-0.3, -0.25) is 0 Å². The van der Waals surface area contributed by atoms with E-state index in [-0.39, 0.29) is 11.6 Å². The molecule has 2 heterocycles. The van der Waals surface area contributed by atoms with Crippen molar-refractivity contribution in [2.75, 3.05) is 12.3 Å². The lowest BCUT2D eigenvalue weighted by Gasteiger charge is -2.28. The normalized spacial score (nSPS) is 26.1. The Morgan fingerprint density at radius 2 is 2.25 bits per heavy atom. The monoisotopic (exact) mass is 273 g/mol. The first-order valence-electron chi connectivity index (χ1n) is 6.79. The smallest absolute Gasteiger partial charge is 0.182 e. The average molecular weight is 273 g/mol. The van der Waals surface area contributed by atoms with Gasteiger partial charge >= 0.3 is 0 Å². The van der Waals surface area contributed by atoms with Crippen LogP contribution in [0.3, 0.4) is 0 Å². The van der Waals surface area contributed by atoms with Crippen LogP contribution >= 0.6 is 0 Å². The standard InChI is InChI=1S/C14H19N5O/c1-9-8-11(4-5-12(9)15)13-16-17-18-19(13)14(3)6-7-20-10(14)2/h4-5,8,10H,6-7,15H2,1-3H3. The zero-order chi connectivity index (χ0) is 14.3. The molecule has 2 N–H and O–H groups in total. The van der Waals surface area contributed by atoms with Crippen molar-refractivity contribution in [3.8, 4) is 11.4 Å². The molecule has 2 unspecified atom stereocenters. The van der Waals surface area contributed by atoms with Gasteiger partial charge in [-0.25, -0.2) is 4.68 Å². The second kappa shape index (κ2) is 4.56. The maximum Gasteiger partial charge on any atom is 0.182 e. The minimum Gasteiger partial charge on any atom is -0.399 e. The minimum atomic E-state index is -0.214. The third-order valence-electron chi connectivity index (χ3n) is 4.33. The molecule has 1 aromatic carbocycles. The van der Waals surface area contributed by atoms with Crippen molar-refractivity contribution in [1.29, 1.82) is 0 Å². The number of hydrogen-bond acceptors (Lipinski definition) is 5. The van der Waals surface area contributed by atoms with E-state index in [2.05, 4.69) is 29.4 Å². The van der Waals surface area contributed by atoms with Crippen molar-refractivity contribution in [2.45, 2.75) is 38.8 Å². The molecule has 2 aromatic rings. The number of benzene rings is 1. The highest BCUT2D eigenvalue weighted by Crippen LogP contribution is 2.35. The van der Waals surface area contributed by atoms with Crippen LogP contribution in [0.4, 0.5) is 5.69 Å². The zero-order valence-electron chi connectivity index (χ0n) is 12.0. The van der Waals surface area contributed by atoms with Crippen molar-refractivity contribution >= 4 is 5.69 Å². The number of aryl methyl sites for hydroxylation is 1. The lowest BCUT2D eigenvalue weighted by molar-refractivity contribution is 0.0706. The largest absolute Gasteiger partial charge is 0.399 e. The van der Waals surface area contributed by atoms with Crippen molar-refractivity contribution < 1.29 is 4.74 Å². The summed E-state index contributed by atoms with van der Waals surface area (Å²) >= 11 is 0. The highest BCUT2D eigenvalue weighted by atomic mass is 16.5. The summed E-state index contributed by atoms with van der Waals surface area (Å²) < 4.78 is 7.57. The molecule has 1 aromatic heterocycles. The van der Waals surface area contributed by atoms with E-state index in [4.69, 9.17) is 10.5 Å². The average Bonchev–Trinajstić information content (AvgIpc) is 3.02. The van der Waals surface area contributed by atoms with Crippen LogP contribution < -0.4 is 5.73 Å². The Hall–Kier alpha value is -1.95. The van der Waals surface area contributed by atoms with E-state index >= 15 is 0 Å². The summed E-state index contributed by atoms with van der Waals surface area (Å²) in [5.74, 6) is 0.757. The van der Waals surface area contributed by atoms with E-state index in [1.165, 1.54) is 0 Å². The van der Waals surface area contributed by atoms with Gasteiger partial charge in [-0.1, -0.05) is 0 Å². The van der Waals surface area contributed by atoms with Crippen LogP contribution in [0.5, 0.6) is 0 Å². The molecule has 0 spiro atoms. The molecule has 20 heavy (non-hydrogen) atoms. The van der Waals surface area contributed by atoms with Crippen molar-refractivity contribution in [1.82, 2.24) is 20.2 Å². The van der Waals surface area contributed by atoms with Gasteiger partial charge in [0.1, 0.15) is 0 Å². The van der Waals surface area contributed by atoms with E-state index in [1.807, 2.05) is 29.8 Å². The topological polar surface area (TPSA) is 78.8 Å². The molecule has 6 heteroatoms. The first kappa shape index (κ1) is 13.1. The van der Waals surface area contributed by atoms with E-state index in [9.17, 15) is 0 Å². The fourth-order valence-corrected chi connectivity index (χ4v) is 2.63. The Kier molecular flexibility index (Phi) is 2.97. The molecule has 106 valence electrons. The van der Waals surface area contributed by atoms with Crippen LogP contribution in [0.15, 0.2) is 18.2 Å². The molecule has 3 rings (SSSR count). The number of nitrogens with zero attached hydrogens (tertiary/aromatic N) is 4. The van der Waals surface area contributed by atoms with Crippen LogP contribution in [0.25, 0.3) is 11.4 Å². The van der Waals surface area contributed by atoms with Gasteiger partial charge in [-0.2, -0.15) is 0 Å². The Morgan fingerprint density at radius 3 is 2.90 bits per heavy atom. The van der Waals surface area contributed by atoms with Gasteiger partial charge < -0.3 is 10.5 Å². The molecule has 1 aliphatic rings. The lowest BCUT2D eigenvalue weighted by atomic mass is 9.94. The van der Waals surface area contributed by atoms with E-state index in [0.29, 0.717) is 0 Å². The maximum absolute atomic E-state index is 5.87. The number of nitrogen functional groups attached to an aromatic ring is 1. The van der Waals surface area contributed by atoms with Gasteiger partial charge in [0.2, 0.25) is 0 Å². The molecule has 1 aliphatic heterocycles. The number of tetrazole rings is 1. The second-order valence-corrected chi connectivity index (χ2v) is 5.61. The molecule has 1 fully saturated rings. The van der Waals surface area contributed by atoms with Gasteiger partial charge in [0.05, 0.1) is 11.6 Å². The first-order chi connectivity index (χ1) is 9.52. The van der Waals surface area contributed by atoms with Crippen LogP contribution in [-0.4, -0.2) is 32.9 Å². The Balaban J connectivity index is 2.08. The van der Waals surface area contributed by atoms with Crippen molar-refractivity contribution in [2.24, 2.45) is 0 Å². The van der Waals surface area contributed by atoms with Crippen LogP contribution in [0.2, 0.25) is 0 Å². The Morgan fingerprint density at radius 1 is 1.45 bits per heavy atom. The Labute approximate surface area is 117 Å². The van der Waals surface area contributed by atoms with Crippen LogP contribution in [0.1, 0.15) is 25.8 Å². The SMILES string of the molecule is Cc1cc(-c2nnnn2C2(C)CCOC2C)ccc1N. The maximum atomic E-state index is 5.87. The molecule has 0 aliphatic carbocycles. The fraction of sp³-hybridized carbons (Fsp3) is 0.500. The quantitative estimate of drug-likeness (QED) is 0.843. The van der Waals surface area contributed by atoms with Crippen molar-refractivity contribution in [3.05, 3.63) is 23.8 Å². The van der Waals surface area contributed by atoms with E-state index < -0.39 is 0 Å². The summed E-state index contributed by atoms with van der Waals surface area (Å²) in [7, 11) is 0. The lowest BCUT2D eigenvalue weighted by Crippen LogP contribution is -2.38. The number of ether oxygens (including phenoxy) is 1. The predicted molar refractivity (Wildman–Crippen MR) is 76.1 cm³/mol. The number of anilines is 1. The molecule has 0 bridgehead atoms. The molecule has 0 amide bonds. The van der Waals surface area contributed by atoms with Gasteiger partial charge in [-0.05, 0) is 61.4 Å². The summed E-state index contributed by atoms with van der Waals surface area (Å²) in [5, 5.41) is 12.2. The molecular formula is C14H19N5O. The number of aromatic nitrogens is 4. The van der Waals surface area contributed by atoms with Gasteiger partial charge in [0.15, 0.2) is 5.82 Å². The zero-order valence-corrected chi connectivity index (χ0v) is 12.0. The number of rotatable bonds is 2. The van der Waals surface area contributed by atoms with Crippen molar-refractivity contribution in [3.63, 3.8) is 0 Å². The summed E-state index contributed by atoms with van der Waals surface area (Å²) in [4.78, 5) is 0. The summed E-state index contributed by atoms with van der Waals surface area (Å²) in [6.07, 6.45) is 0.986. The second-order valence-electron chi connectivity index (χ2n) is 5.61. The minimum absolute atomic E-state index is 0.0830. The molecule has 1 saturated heterocycles. The first-order valence-corrected chi connectivity index (χ1v) is 6.79. The predicted octanol–water partition coefficient (Wildman–Crippen LogP) is 1.75. The van der Waals surface area contributed by atoms with Crippen LogP contribution in [0, 0.1) is 6.92 Å². The number of hydrogen-bond donors (Lipinski definition) is 1. The summed E-state index contributed by atoms with van der Waals surface area (Å²) in [5.41, 5.74) is 8.43. The van der Waals surface area contributed by atoms with E-state index in [1.54, 1.807) is 0 Å². The van der Waals surface area contributed by atoms with Gasteiger partial charge in [0, 0.05) is 17.9 Å². The summed E-state index contributed by atoms with van der Waals surface area (Å²) in [6.45, 7) is 6.91. The molecular weight excluding hydrogens is 254 g/mol. The highest BCUT2D eigenvalue weighted by Gasteiger charge is 2.41. The number of nitrogens with two attached hydrogens (primary N) is 1. The van der Waals surface area contributed by atoms with E-state index in [0.717, 1.165) is 35.7 Å². The Bertz CT molecular complexity index is 638. The fourth-order valence-electron chi connectivity index (χ4n) is 2.63. The molecule has 6 nitrogen and oxygen atoms in total. The third kappa shape index (κ3) is 1.87.